The van der Waals surface area contributed by atoms with Gasteiger partial charge in [0.15, 0.2) is 0 Å². The van der Waals surface area contributed by atoms with E-state index < -0.39 is 7.75 Å². The highest BCUT2D eigenvalue weighted by Crippen LogP contribution is 2.51. The standard InChI is InChI=1S/C10H14NO3P/c1-9-7-8-13-15(12,14-9)11-10-5-3-2-4-6-10/h2-6,9H,7-8H2,1H3,(H,11,12)/t9-,15+/m0/s1. The molecular weight excluding hydrogens is 213 g/mol. The molecule has 1 aliphatic heterocycles. The highest BCUT2D eigenvalue weighted by atomic mass is 31.2. The molecule has 1 fully saturated rings. The van der Waals surface area contributed by atoms with Crippen molar-refractivity contribution >= 4 is 13.4 Å². The molecule has 5 heteroatoms. The number of para-hydroxylation sites is 1. The second-order valence-corrected chi connectivity index (χ2v) is 5.20. The molecule has 0 aliphatic carbocycles. The van der Waals surface area contributed by atoms with E-state index in [1.165, 1.54) is 0 Å². The lowest BCUT2D eigenvalue weighted by Crippen LogP contribution is -2.20. The molecule has 2 rings (SSSR count). The Hall–Kier alpha value is -0.830. The van der Waals surface area contributed by atoms with E-state index in [9.17, 15) is 4.57 Å². The first-order valence-corrected chi connectivity index (χ1v) is 6.48. The van der Waals surface area contributed by atoms with Crippen LogP contribution in [0, 0.1) is 0 Å². The summed E-state index contributed by atoms with van der Waals surface area (Å²) in [4.78, 5) is 0. The maximum Gasteiger partial charge on any atom is 0.432 e. The van der Waals surface area contributed by atoms with Crippen LogP contribution >= 0.6 is 7.75 Å². The molecule has 1 aromatic carbocycles. The fraction of sp³-hybridized carbons (Fsp3) is 0.400. The largest absolute Gasteiger partial charge is 0.432 e. The van der Waals surface area contributed by atoms with E-state index in [0.29, 0.717) is 6.61 Å². The molecule has 0 unspecified atom stereocenters. The van der Waals surface area contributed by atoms with Gasteiger partial charge in [-0.05, 0) is 25.5 Å². The summed E-state index contributed by atoms with van der Waals surface area (Å²) >= 11 is 0. The molecular formula is C10H14NO3P. The summed E-state index contributed by atoms with van der Waals surface area (Å²) in [5, 5.41) is 2.80. The summed E-state index contributed by atoms with van der Waals surface area (Å²) in [5.41, 5.74) is 0.745. The van der Waals surface area contributed by atoms with Crippen molar-refractivity contribution in [2.24, 2.45) is 0 Å². The van der Waals surface area contributed by atoms with Crippen LogP contribution in [-0.2, 0) is 13.6 Å². The van der Waals surface area contributed by atoms with Gasteiger partial charge in [-0.25, -0.2) is 4.57 Å². The minimum absolute atomic E-state index is 0.0270. The van der Waals surface area contributed by atoms with Crippen molar-refractivity contribution in [3.63, 3.8) is 0 Å². The zero-order chi connectivity index (χ0) is 10.7. The number of anilines is 1. The number of benzene rings is 1. The Kier molecular flexibility index (Phi) is 3.10. The molecule has 0 bridgehead atoms. The molecule has 0 spiro atoms. The van der Waals surface area contributed by atoms with Gasteiger partial charge in [0.2, 0.25) is 0 Å². The monoisotopic (exact) mass is 227 g/mol. The first kappa shape index (κ1) is 10.7. The fourth-order valence-corrected chi connectivity index (χ4v) is 2.96. The van der Waals surface area contributed by atoms with Crippen LogP contribution in [0.3, 0.4) is 0 Å². The molecule has 0 saturated carbocycles. The topological polar surface area (TPSA) is 47.6 Å². The summed E-state index contributed by atoms with van der Waals surface area (Å²) in [6, 6.07) is 9.27. The summed E-state index contributed by atoms with van der Waals surface area (Å²) in [7, 11) is -3.14. The smallest absolute Gasteiger partial charge is 0.293 e. The summed E-state index contributed by atoms with van der Waals surface area (Å²) in [5.74, 6) is 0. The van der Waals surface area contributed by atoms with Crippen LogP contribution < -0.4 is 5.09 Å². The Morgan fingerprint density at radius 3 is 2.80 bits per heavy atom. The normalized spacial score (nSPS) is 31.1. The molecule has 1 aromatic rings. The van der Waals surface area contributed by atoms with Gasteiger partial charge in [-0.1, -0.05) is 18.2 Å². The van der Waals surface area contributed by atoms with Crippen molar-refractivity contribution in [1.82, 2.24) is 0 Å². The highest BCUT2D eigenvalue weighted by Gasteiger charge is 2.31. The van der Waals surface area contributed by atoms with Crippen LogP contribution in [0.4, 0.5) is 5.69 Å². The zero-order valence-corrected chi connectivity index (χ0v) is 9.44. The molecule has 1 N–H and O–H groups in total. The number of hydrogen-bond acceptors (Lipinski definition) is 3. The quantitative estimate of drug-likeness (QED) is 0.789. The third kappa shape index (κ3) is 2.81. The van der Waals surface area contributed by atoms with Gasteiger partial charge in [0, 0.05) is 5.69 Å². The van der Waals surface area contributed by atoms with Gasteiger partial charge < -0.3 is 0 Å². The van der Waals surface area contributed by atoms with Gasteiger partial charge in [-0.15, -0.1) is 0 Å². The van der Waals surface area contributed by atoms with Crippen LogP contribution in [0.15, 0.2) is 30.3 Å². The van der Waals surface area contributed by atoms with E-state index >= 15 is 0 Å². The number of hydrogen-bond donors (Lipinski definition) is 1. The lowest BCUT2D eigenvalue weighted by molar-refractivity contribution is 0.0955. The van der Waals surface area contributed by atoms with Crippen LogP contribution in [0.5, 0.6) is 0 Å². The molecule has 2 atom stereocenters. The maximum atomic E-state index is 12.1. The van der Waals surface area contributed by atoms with Crippen molar-refractivity contribution in [3.8, 4) is 0 Å². The van der Waals surface area contributed by atoms with Gasteiger partial charge in [-0.3, -0.25) is 14.1 Å². The van der Waals surface area contributed by atoms with E-state index in [2.05, 4.69) is 5.09 Å². The molecule has 1 saturated heterocycles. The van der Waals surface area contributed by atoms with Crippen molar-refractivity contribution in [3.05, 3.63) is 30.3 Å². The van der Waals surface area contributed by atoms with E-state index in [1.807, 2.05) is 37.3 Å². The third-order valence-electron chi connectivity index (χ3n) is 2.14. The van der Waals surface area contributed by atoms with Crippen LogP contribution in [0.2, 0.25) is 0 Å². The predicted octanol–water partition coefficient (Wildman–Crippen LogP) is 3.03. The lowest BCUT2D eigenvalue weighted by Gasteiger charge is -2.28. The van der Waals surface area contributed by atoms with E-state index in [-0.39, 0.29) is 6.10 Å². The van der Waals surface area contributed by atoms with E-state index in [1.54, 1.807) is 0 Å². The van der Waals surface area contributed by atoms with Crippen LogP contribution in [0.1, 0.15) is 13.3 Å². The Balaban J connectivity index is 2.07. The SMILES string of the molecule is C[C@H]1CCO[P@](=O)(Nc2ccccc2)O1. The average Bonchev–Trinajstić information content (AvgIpc) is 2.18. The minimum Gasteiger partial charge on any atom is -0.293 e. The average molecular weight is 227 g/mol. The Labute approximate surface area is 89.2 Å². The fourth-order valence-electron chi connectivity index (χ4n) is 1.39. The molecule has 82 valence electrons. The van der Waals surface area contributed by atoms with Crippen LogP contribution in [-0.4, -0.2) is 12.7 Å². The van der Waals surface area contributed by atoms with Crippen LogP contribution in [0.25, 0.3) is 0 Å². The minimum atomic E-state index is -3.14. The van der Waals surface area contributed by atoms with Crippen molar-refractivity contribution < 1.29 is 13.6 Å². The Bertz CT molecular complexity index is 368. The van der Waals surface area contributed by atoms with Crippen molar-refractivity contribution in [2.45, 2.75) is 19.4 Å². The van der Waals surface area contributed by atoms with Gasteiger partial charge in [0.25, 0.3) is 0 Å². The first-order valence-electron chi connectivity index (χ1n) is 4.94. The Morgan fingerprint density at radius 2 is 2.13 bits per heavy atom. The molecule has 15 heavy (non-hydrogen) atoms. The molecule has 1 heterocycles. The summed E-state index contributed by atoms with van der Waals surface area (Å²) < 4.78 is 22.5. The Morgan fingerprint density at radius 1 is 1.40 bits per heavy atom. The molecule has 4 nitrogen and oxygen atoms in total. The molecule has 1 aliphatic rings. The van der Waals surface area contributed by atoms with Gasteiger partial charge in [0.05, 0.1) is 12.7 Å². The molecule has 0 amide bonds. The second kappa shape index (κ2) is 4.35. The summed E-state index contributed by atoms with van der Waals surface area (Å²) in [6.07, 6.45) is 0.751. The number of nitrogens with one attached hydrogen (secondary N) is 1. The van der Waals surface area contributed by atoms with Crippen molar-refractivity contribution in [1.29, 1.82) is 0 Å². The lowest BCUT2D eigenvalue weighted by atomic mass is 10.3. The van der Waals surface area contributed by atoms with Gasteiger partial charge in [0.1, 0.15) is 0 Å². The zero-order valence-electron chi connectivity index (χ0n) is 8.55. The van der Waals surface area contributed by atoms with Gasteiger partial charge >= 0.3 is 7.75 Å². The van der Waals surface area contributed by atoms with E-state index in [4.69, 9.17) is 9.05 Å². The maximum absolute atomic E-state index is 12.1. The first-order chi connectivity index (χ1) is 7.18. The summed E-state index contributed by atoms with van der Waals surface area (Å²) in [6.45, 7) is 2.36. The third-order valence-corrected chi connectivity index (χ3v) is 3.84. The number of rotatable bonds is 2. The second-order valence-electron chi connectivity index (χ2n) is 3.51. The molecule has 0 radical (unpaired) electrons. The molecule has 0 aromatic heterocycles. The highest BCUT2D eigenvalue weighted by molar-refractivity contribution is 7.55. The van der Waals surface area contributed by atoms with E-state index in [0.717, 1.165) is 12.1 Å². The van der Waals surface area contributed by atoms with Crippen molar-refractivity contribution in [2.75, 3.05) is 11.7 Å². The predicted molar refractivity (Wildman–Crippen MR) is 58.8 cm³/mol. The van der Waals surface area contributed by atoms with Gasteiger partial charge in [-0.2, -0.15) is 0 Å².